The van der Waals surface area contributed by atoms with E-state index in [1.807, 2.05) is 0 Å². The summed E-state index contributed by atoms with van der Waals surface area (Å²) in [6.07, 6.45) is 1.28. The van der Waals surface area contributed by atoms with E-state index in [-0.39, 0.29) is 36.6 Å². The minimum absolute atomic E-state index is 0.0309. The quantitative estimate of drug-likeness (QED) is 0.612. The summed E-state index contributed by atoms with van der Waals surface area (Å²) < 4.78 is 48.1. The maximum absolute atomic E-state index is 15.3. The smallest absolute Gasteiger partial charge is 0.408 e. The largest absolute Gasteiger partial charge is 0.487 e. The molecule has 2 aliphatic heterocycles. The van der Waals surface area contributed by atoms with Gasteiger partial charge in [-0.15, -0.1) is 0 Å². The molecule has 2 aliphatic rings. The van der Waals surface area contributed by atoms with Gasteiger partial charge in [-0.25, -0.2) is 18.4 Å². The Kier molecular flexibility index (Phi) is 6.26. The Morgan fingerprint density at radius 3 is 2.44 bits per heavy atom. The summed E-state index contributed by atoms with van der Waals surface area (Å²) in [5.41, 5.74) is -0.580. The Morgan fingerprint density at radius 1 is 1.19 bits per heavy atom. The second kappa shape index (κ2) is 8.82. The number of piperazine rings is 1. The number of anilines is 1. The van der Waals surface area contributed by atoms with E-state index in [9.17, 15) is 19.3 Å². The molecule has 2 aromatic rings. The van der Waals surface area contributed by atoms with Crippen LogP contribution >= 0.6 is 7.75 Å². The van der Waals surface area contributed by atoms with Gasteiger partial charge in [-0.2, -0.15) is 0 Å². The van der Waals surface area contributed by atoms with E-state index in [1.54, 1.807) is 28.0 Å². The van der Waals surface area contributed by atoms with Crippen LogP contribution in [0.5, 0.6) is 5.75 Å². The van der Waals surface area contributed by atoms with Crippen molar-refractivity contribution in [3.8, 4) is 5.75 Å². The number of pyridine rings is 1. The number of carbonyl (C=O) groups is 1. The molecule has 0 saturated carbocycles. The van der Waals surface area contributed by atoms with E-state index in [2.05, 4.69) is 0 Å². The van der Waals surface area contributed by atoms with Crippen molar-refractivity contribution < 1.29 is 32.6 Å². The number of aromatic nitrogens is 1. The van der Waals surface area contributed by atoms with Crippen LogP contribution < -0.4 is 15.1 Å². The second-order valence-corrected chi connectivity index (χ2v) is 9.42. The second-order valence-electron chi connectivity index (χ2n) is 7.40. The average Bonchev–Trinajstić information content (AvgIpc) is 2.76. The van der Waals surface area contributed by atoms with E-state index in [4.69, 9.17) is 13.8 Å². The summed E-state index contributed by atoms with van der Waals surface area (Å²) in [5.74, 6) is -1.82. The molecule has 0 amide bonds. The summed E-state index contributed by atoms with van der Waals surface area (Å²) in [6, 6.07) is 1.08. The predicted molar refractivity (Wildman–Crippen MR) is 115 cm³/mol. The first-order chi connectivity index (χ1) is 15.3. The van der Waals surface area contributed by atoms with Crippen molar-refractivity contribution >= 4 is 30.3 Å². The van der Waals surface area contributed by atoms with Gasteiger partial charge in [0.05, 0.1) is 30.7 Å². The first kappa shape index (κ1) is 22.7. The Labute approximate surface area is 183 Å². The van der Waals surface area contributed by atoms with Crippen molar-refractivity contribution in [1.82, 2.24) is 9.24 Å². The molecule has 3 heterocycles. The number of carboxylic acids is 1. The van der Waals surface area contributed by atoms with E-state index < -0.39 is 30.5 Å². The summed E-state index contributed by atoms with van der Waals surface area (Å²) in [5, 5.41) is 9.30. The Morgan fingerprint density at radius 2 is 1.84 bits per heavy atom. The van der Waals surface area contributed by atoms with Crippen LogP contribution in [-0.4, -0.2) is 66.3 Å². The van der Waals surface area contributed by atoms with Gasteiger partial charge in [0.25, 0.3) is 0 Å². The lowest BCUT2D eigenvalue weighted by Gasteiger charge is -2.39. The fraction of sp³-hybridized carbons (Fsp3) is 0.500. The first-order valence-electron chi connectivity index (χ1n) is 10.5. The molecular weight excluding hydrogens is 444 g/mol. The number of benzene rings is 1. The van der Waals surface area contributed by atoms with Gasteiger partial charge < -0.3 is 19.3 Å². The normalized spacial score (nSPS) is 16.9. The highest BCUT2D eigenvalue weighted by Crippen LogP contribution is 2.52. The van der Waals surface area contributed by atoms with Crippen molar-refractivity contribution in [2.24, 2.45) is 0 Å². The van der Waals surface area contributed by atoms with Crippen LogP contribution in [0.3, 0.4) is 0 Å². The van der Waals surface area contributed by atoms with Crippen LogP contribution in [-0.2, 0) is 20.2 Å². The highest BCUT2D eigenvalue weighted by atomic mass is 31.2. The molecule has 174 valence electrons. The zero-order valence-electron chi connectivity index (χ0n) is 17.9. The zero-order valence-corrected chi connectivity index (χ0v) is 18.8. The molecule has 0 unspecified atom stereocenters. The number of halogens is 1. The van der Waals surface area contributed by atoms with Crippen molar-refractivity contribution in [3.63, 3.8) is 0 Å². The number of hydrogen-bond acceptors (Lipinski definition) is 7. The van der Waals surface area contributed by atoms with Gasteiger partial charge in [-0.3, -0.25) is 13.8 Å². The highest BCUT2D eigenvalue weighted by molar-refractivity contribution is 7.51. The number of ether oxygens (including phenoxy) is 1. The topological polar surface area (TPSA) is 111 Å². The molecule has 32 heavy (non-hydrogen) atoms. The zero-order chi connectivity index (χ0) is 23.0. The number of aromatic carboxylic acids is 1. The van der Waals surface area contributed by atoms with Gasteiger partial charge in [-0.1, -0.05) is 0 Å². The van der Waals surface area contributed by atoms with Gasteiger partial charge in [0, 0.05) is 32.4 Å². The summed E-state index contributed by atoms with van der Waals surface area (Å²) in [4.78, 5) is 25.9. The summed E-state index contributed by atoms with van der Waals surface area (Å²) in [7, 11) is -3.42. The Bertz CT molecular complexity index is 1150. The van der Waals surface area contributed by atoms with Gasteiger partial charge in [0.15, 0.2) is 11.6 Å². The maximum Gasteiger partial charge on any atom is 0.408 e. The van der Waals surface area contributed by atoms with Crippen molar-refractivity contribution in [3.05, 3.63) is 33.9 Å². The highest BCUT2D eigenvalue weighted by Gasteiger charge is 2.37. The van der Waals surface area contributed by atoms with E-state index in [0.717, 1.165) is 6.07 Å². The average molecular weight is 469 g/mol. The molecule has 1 aromatic heterocycles. The van der Waals surface area contributed by atoms with Crippen LogP contribution in [0, 0.1) is 5.82 Å². The number of nitrogens with zero attached hydrogens (tertiary/aromatic N) is 3. The molecule has 1 saturated heterocycles. The fourth-order valence-corrected chi connectivity index (χ4v) is 5.91. The maximum atomic E-state index is 15.3. The summed E-state index contributed by atoms with van der Waals surface area (Å²) in [6.45, 7) is 5.82. The van der Waals surface area contributed by atoms with Crippen molar-refractivity contribution in [2.75, 3.05) is 50.9 Å². The van der Waals surface area contributed by atoms with Crippen LogP contribution in [0.15, 0.2) is 17.1 Å². The van der Waals surface area contributed by atoms with Crippen LogP contribution in [0.25, 0.3) is 10.9 Å². The van der Waals surface area contributed by atoms with Crippen LogP contribution in [0.4, 0.5) is 10.1 Å². The molecule has 1 fully saturated rings. The molecule has 0 aliphatic carbocycles. The third kappa shape index (κ3) is 3.79. The van der Waals surface area contributed by atoms with E-state index in [0.29, 0.717) is 38.2 Å². The van der Waals surface area contributed by atoms with Gasteiger partial charge in [0.1, 0.15) is 17.9 Å². The summed E-state index contributed by atoms with van der Waals surface area (Å²) >= 11 is 0. The molecule has 1 aromatic carbocycles. The fourth-order valence-electron chi connectivity index (χ4n) is 4.19. The molecule has 4 rings (SSSR count). The van der Waals surface area contributed by atoms with E-state index >= 15 is 4.39 Å². The van der Waals surface area contributed by atoms with Gasteiger partial charge in [0.2, 0.25) is 5.43 Å². The van der Waals surface area contributed by atoms with Crippen molar-refractivity contribution in [2.45, 2.75) is 20.4 Å². The Balaban J connectivity index is 1.71. The van der Waals surface area contributed by atoms with E-state index in [1.165, 1.54) is 6.20 Å². The lowest BCUT2D eigenvalue weighted by Crippen LogP contribution is -2.46. The minimum Gasteiger partial charge on any atom is -0.487 e. The van der Waals surface area contributed by atoms with Gasteiger partial charge in [-0.05, 0) is 19.9 Å². The van der Waals surface area contributed by atoms with Gasteiger partial charge >= 0.3 is 13.7 Å². The number of carboxylic acid groups (broad SMARTS) is 1. The number of hydrogen-bond donors (Lipinski definition) is 1. The lowest BCUT2D eigenvalue weighted by atomic mass is 10.1. The SMILES string of the molecule is CCOP(=O)(OCC)N1CCN(c2c(F)cc3c(=O)c(C(=O)O)cn4c3c2OCC4)CC1. The minimum atomic E-state index is -3.42. The number of rotatable bonds is 7. The third-order valence-electron chi connectivity index (χ3n) is 5.56. The monoisotopic (exact) mass is 469 g/mol. The molecular formula is C20H25FN3O7P. The molecule has 12 heteroatoms. The molecule has 0 radical (unpaired) electrons. The molecule has 0 bridgehead atoms. The standard InChI is InChI=1S/C20H25FN3O7P/c1-3-30-32(28,31-4-2)24-7-5-22(6-8-24)17-15(21)11-13-16-19(17)29-10-9-23(16)12-14(18(13)25)20(26)27/h11-12H,3-10H2,1-2H3,(H,26,27). The van der Waals surface area contributed by atoms with Crippen molar-refractivity contribution in [1.29, 1.82) is 0 Å². The molecule has 1 N–H and O–H groups in total. The van der Waals surface area contributed by atoms with Crippen LogP contribution in [0.1, 0.15) is 24.2 Å². The molecule has 0 spiro atoms. The molecule has 0 atom stereocenters. The molecule has 10 nitrogen and oxygen atoms in total. The Hall–Kier alpha value is -2.46. The predicted octanol–water partition coefficient (Wildman–Crippen LogP) is 2.53. The first-order valence-corrected chi connectivity index (χ1v) is 12.0. The lowest BCUT2D eigenvalue weighted by molar-refractivity contribution is 0.0694. The third-order valence-corrected chi connectivity index (χ3v) is 7.82. The van der Waals surface area contributed by atoms with Crippen LogP contribution in [0.2, 0.25) is 0 Å².